The lowest BCUT2D eigenvalue weighted by molar-refractivity contribution is 0.751. The van der Waals surface area contributed by atoms with Gasteiger partial charge < -0.3 is 4.98 Å². The number of fused-ring (bicyclic) bond motifs is 1. The van der Waals surface area contributed by atoms with Gasteiger partial charge in [-0.3, -0.25) is 4.79 Å². The summed E-state index contributed by atoms with van der Waals surface area (Å²) >= 11 is 2.91. The standard InChI is InChI=1S/C21H16N6OS2/c1-13-7-5-6-10-16(13)27-21(24-25-26-27)30-12-17-22-19(28)18-15(11-29-20(18)23-17)14-8-3-2-4-9-14/h2-11H,12H2,1H3,(H,22,23,28). The summed E-state index contributed by atoms with van der Waals surface area (Å²) in [5, 5.41) is 15.3. The first-order valence-corrected chi connectivity index (χ1v) is 11.1. The zero-order chi connectivity index (χ0) is 20.5. The second-order valence-corrected chi connectivity index (χ2v) is 8.46. The van der Waals surface area contributed by atoms with Crippen LogP contribution in [-0.2, 0) is 5.75 Å². The maximum atomic E-state index is 12.8. The number of rotatable bonds is 5. The van der Waals surface area contributed by atoms with E-state index < -0.39 is 0 Å². The molecule has 1 N–H and O–H groups in total. The number of hydrogen-bond acceptors (Lipinski definition) is 7. The Kier molecular flexibility index (Phi) is 4.89. The zero-order valence-electron chi connectivity index (χ0n) is 15.9. The lowest BCUT2D eigenvalue weighted by Gasteiger charge is -2.07. The van der Waals surface area contributed by atoms with Crippen molar-refractivity contribution in [3.8, 4) is 16.8 Å². The summed E-state index contributed by atoms with van der Waals surface area (Å²) in [5.41, 5.74) is 3.79. The van der Waals surface area contributed by atoms with Crippen molar-refractivity contribution in [2.75, 3.05) is 0 Å². The molecule has 3 aromatic heterocycles. The summed E-state index contributed by atoms with van der Waals surface area (Å²) in [6.45, 7) is 2.01. The average Bonchev–Trinajstić information content (AvgIpc) is 3.40. The summed E-state index contributed by atoms with van der Waals surface area (Å²) in [6.07, 6.45) is 0. The molecule has 0 saturated carbocycles. The van der Waals surface area contributed by atoms with Crippen molar-refractivity contribution < 1.29 is 0 Å². The Balaban J connectivity index is 1.44. The van der Waals surface area contributed by atoms with Crippen molar-refractivity contribution in [1.29, 1.82) is 0 Å². The van der Waals surface area contributed by atoms with Gasteiger partial charge in [0.1, 0.15) is 10.7 Å². The Labute approximate surface area is 179 Å². The molecule has 0 aliphatic rings. The largest absolute Gasteiger partial charge is 0.309 e. The minimum Gasteiger partial charge on any atom is -0.309 e. The molecule has 148 valence electrons. The molecule has 9 heteroatoms. The van der Waals surface area contributed by atoms with Crippen LogP contribution in [0, 0.1) is 6.92 Å². The molecule has 0 aliphatic heterocycles. The number of nitrogens with one attached hydrogen (secondary N) is 1. The van der Waals surface area contributed by atoms with Gasteiger partial charge in [-0.25, -0.2) is 4.98 Å². The number of hydrogen-bond donors (Lipinski definition) is 1. The van der Waals surface area contributed by atoms with E-state index in [1.807, 2.05) is 66.9 Å². The van der Waals surface area contributed by atoms with Crippen molar-refractivity contribution in [2.24, 2.45) is 0 Å². The lowest BCUT2D eigenvalue weighted by atomic mass is 10.1. The van der Waals surface area contributed by atoms with E-state index in [9.17, 15) is 4.79 Å². The van der Waals surface area contributed by atoms with E-state index in [1.165, 1.54) is 23.1 Å². The third-order valence-corrected chi connectivity index (χ3v) is 6.50. The number of nitrogens with zero attached hydrogens (tertiary/aromatic N) is 5. The predicted molar refractivity (Wildman–Crippen MR) is 119 cm³/mol. The molecule has 7 nitrogen and oxygen atoms in total. The first kappa shape index (κ1) is 18.7. The Morgan fingerprint density at radius 3 is 2.73 bits per heavy atom. The van der Waals surface area contributed by atoms with Crippen LogP contribution in [0.25, 0.3) is 27.0 Å². The van der Waals surface area contributed by atoms with E-state index in [-0.39, 0.29) is 5.56 Å². The van der Waals surface area contributed by atoms with Gasteiger partial charge >= 0.3 is 0 Å². The van der Waals surface area contributed by atoms with Crippen LogP contribution < -0.4 is 5.56 Å². The van der Waals surface area contributed by atoms with E-state index in [0.29, 0.717) is 22.1 Å². The Morgan fingerprint density at radius 1 is 1.10 bits per heavy atom. The molecule has 0 atom stereocenters. The first-order chi connectivity index (χ1) is 14.7. The van der Waals surface area contributed by atoms with Crippen molar-refractivity contribution in [3.05, 3.63) is 81.7 Å². The summed E-state index contributed by atoms with van der Waals surface area (Å²) in [6, 6.07) is 17.8. The maximum Gasteiger partial charge on any atom is 0.260 e. The van der Waals surface area contributed by atoms with Crippen molar-refractivity contribution in [2.45, 2.75) is 17.8 Å². The second-order valence-electron chi connectivity index (χ2n) is 6.66. The second kappa shape index (κ2) is 7.85. The van der Waals surface area contributed by atoms with Gasteiger partial charge in [0.25, 0.3) is 5.56 Å². The average molecular weight is 433 g/mol. The lowest BCUT2D eigenvalue weighted by Crippen LogP contribution is -2.11. The van der Waals surface area contributed by atoms with Crippen LogP contribution in [0.3, 0.4) is 0 Å². The van der Waals surface area contributed by atoms with Crippen LogP contribution in [0.1, 0.15) is 11.4 Å². The number of thioether (sulfide) groups is 1. The van der Waals surface area contributed by atoms with Gasteiger partial charge in [-0.1, -0.05) is 60.3 Å². The zero-order valence-corrected chi connectivity index (χ0v) is 17.6. The minimum atomic E-state index is -0.130. The number of benzene rings is 2. The highest BCUT2D eigenvalue weighted by atomic mass is 32.2. The molecule has 0 bridgehead atoms. The van der Waals surface area contributed by atoms with E-state index in [1.54, 1.807) is 4.68 Å². The number of aromatic nitrogens is 6. The SMILES string of the molecule is Cc1ccccc1-n1nnnc1SCc1nc2scc(-c3ccccc3)c2c(=O)[nH]1. The molecular formula is C21H16N6OS2. The molecule has 0 fully saturated rings. The van der Waals surface area contributed by atoms with Gasteiger partial charge in [0.15, 0.2) is 0 Å². The first-order valence-electron chi connectivity index (χ1n) is 9.24. The van der Waals surface area contributed by atoms with Crippen LogP contribution in [0.15, 0.2) is 69.9 Å². The van der Waals surface area contributed by atoms with Gasteiger partial charge in [-0.15, -0.1) is 16.4 Å². The quantitative estimate of drug-likeness (QED) is 0.418. The number of para-hydroxylation sites is 1. The molecular weight excluding hydrogens is 416 g/mol. The fourth-order valence-corrected chi connectivity index (χ4v) is 4.97. The molecule has 0 saturated heterocycles. The third kappa shape index (κ3) is 3.42. The van der Waals surface area contributed by atoms with Crippen molar-refractivity contribution in [1.82, 2.24) is 30.2 Å². The number of aryl methyl sites for hydroxylation is 1. The normalized spacial score (nSPS) is 11.2. The molecule has 30 heavy (non-hydrogen) atoms. The van der Waals surface area contributed by atoms with E-state index >= 15 is 0 Å². The monoisotopic (exact) mass is 432 g/mol. The highest BCUT2D eigenvalue weighted by molar-refractivity contribution is 7.98. The molecule has 0 radical (unpaired) electrons. The molecule has 0 amide bonds. The minimum absolute atomic E-state index is 0.130. The fourth-order valence-electron chi connectivity index (χ4n) is 3.25. The molecule has 5 rings (SSSR count). The van der Waals surface area contributed by atoms with Crippen molar-refractivity contribution >= 4 is 33.3 Å². The van der Waals surface area contributed by atoms with Gasteiger partial charge in [0.05, 0.1) is 16.8 Å². The van der Waals surface area contributed by atoms with Gasteiger partial charge in [0, 0.05) is 10.9 Å². The van der Waals surface area contributed by atoms with Gasteiger partial charge in [-0.2, -0.15) is 4.68 Å². The predicted octanol–water partition coefficient (Wildman–Crippen LogP) is 4.23. The molecule has 0 unspecified atom stereocenters. The third-order valence-electron chi connectivity index (χ3n) is 4.70. The summed E-state index contributed by atoms with van der Waals surface area (Å²) in [7, 11) is 0. The van der Waals surface area contributed by atoms with Gasteiger partial charge in [-0.05, 0) is 34.5 Å². The fraction of sp³-hybridized carbons (Fsp3) is 0.0952. The van der Waals surface area contributed by atoms with Gasteiger partial charge in [0.2, 0.25) is 5.16 Å². The molecule has 0 spiro atoms. The highest BCUT2D eigenvalue weighted by Gasteiger charge is 2.15. The molecule has 0 aliphatic carbocycles. The van der Waals surface area contributed by atoms with E-state index in [0.717, 1.165) is 27.2 Å². The molecule has 3 heterocycles. The Bertz CT molecular complexity index is 1390. The van der Waals surface area contributed by atoms with E-state index in [2.05, 4.69) is 25.5 Å². The number of aromatic amines is 1. The van der Waals surface area contributed by atoms with Crippen LogP contribution in [-0.4, -0.2) is 30.2 Å². The molecule has 2 aromatic carbocycles. The Morgan fingerprint density at radius 2 is 1.90 bits per heavy atom. The van der Waals surface area contributed by atoms with Crippen LogP contribution in [0.5, 0.6) is 0 Å². The van der Waals surface area contributed by atoms with Crippen LogP contribution in [0.4, 0.5) is 0 Å². The number of H-pyrrole nitrogens is 1. The molecule has 5 aromatic rings. The maximum absolute atomic E-state index is 12.8. The number of tetrazole rings is 1. The summed E-state index contributed by atoms with van der Waals surface area (Å²) < 4.78 is 1.70. The van der Waals surface area contributed by atoms with Crippen LogP contribution in [0.2, 0.25) is 0 Å². The van der Waals surface area contributed by atoms with Crippen LogP contribution >= 0.6 is 23.1 Å². The number of thiophene rings is 1. The van der Waals surface area contributed by atoms with Crippen molar-refractivity contribution in [3.63, 3.8) is 0 Å². The topological polar surface area (TPSA) is 89.3 Å². The smallest absolute Gasteiger partial charge is 0.260 e. The highest BCUT2D eigenvalue weighted by Crippen LogP contribution is 2.31. The summed E-state index contributed by atoms with van der Waals surface area (Å²) in [5.74, 6) is 1.05. The summed E-state index contributed by atoms with van der Waals surface area (Å²) in [4.78, 5) is 21.1. The Hall–Kier alpha value is -3.30. The van der Waals surface area contributed by atoms with E-state index in [4.69, 9.17) is 0 Å².